The lowest BCUT2D eigenvalue weighted by Gasteiger charge is -2.28. The standard InChI is InChI=1S/C18H18Cl2N2S3/c1-2-21(14-9-5-3-6-10-14)17(23)25-18(24)22(13-16(19)20)15-11-7-4-8-12-15/h3-12,16H,2,13H2,1H3. The maximum Gasteiger partial charge on any atom is 0.147 e. The van der Waals surface area contributed by atoms with Gasteiger partial charge in [-0.15, -0.1) is 23.2 Å². The fraction of sp³-hybridized carbons (Fsp3) is 0.222. The lowest BCUT2D eigenvalue weighted by atomic mass is 10.3. The molecule has 0 amide bonds. The van der Waals surface area contributed by atoms with Crippen molar-refractivity contribution in [2.24, 2.45) is 0 Å². The summed E-state index contributed by atoms with van der Waals surface area (Å²) in [5.74, 6) is 0. The van der Waals surface area contributed by atoms with Crippen molar-refractivity contribution in [1.82, 2.24) is 0 Å². The van der Waals surface area contributed by atoms with Gasteiger partial charge in [-0.3, -0.25) is 0 Å². The third kappa shape index (κ3) is 6.12. The van der Waals surface area contributed by atoms with E-state index in [0.29, 0.717) is 15.2 Å². The van der Waals surface area contributed by atoms with Gasteiger partial charge in [0.05, 0.1) is 6.54 Å². The van der Waals surface area contributed by atoms with Gasteiger partial charge in [0, 0.05) is 17.9 Å². The smallest absolute Gasteiger partial charge is 0.147 e. The largest absolute Gasteiger partial charge is 0.327 e. The highest BCUT2D eigenvalue weighted by atomic mass is 35.5. The van der Waals surface area contributed by atoms with Crippen LogP contribution in [0.2, 0.25) is 0 Å². The molecule has 0 aliphatic heterocycles. The van der Waals surface area contributed by atoms with Gasteiger partial charge in [-0.1, -0.05) is 60.8 Å². The Balaban J connectivity index is 2.15. The second kappa shape index (κ2) is 10.3. The van der Waals surface area contributed by atoms with Gasteiger partial charge < -0.3 is 9.80 Å². The van der Waals surface area contributed by atoms with E-state index in [1.165, 1.54) is 11.8 Å². The van der Waals surface area contributed by atoms with Crippen LogP contribution in [0, 0.1) is 0 Å². The van der Waals surface area contributed by atoms with Crippen molar-refractivity contribution < 1.29 is 0 Å². The fourth-order valence-corrected chi connectivity index (χ4v) is 4.35. The molecule has 0 fully saturated rings. The van der Waals surface area contributed by atoms with Crippen LogP contribution < -0.4 is 9.80 Å². The molecular formula is C18H18Cl2N2S3. The maximum absolute atomic E-state index is 6.00. The first-order valence-electron chi connectivity index (χ1n) is 7.72. The number of para-hydroxylation sites is 2. The quantitative estimate of drug-likeness (QED) is 0.416. The molecule has 0 radical (unpaired) electrons. The molecule has 0 bridgehead atoms. The van der Waals surface area contributed by atoms with Gasteiger partial charge in [-0.2, -0.15) is 0 Å². The van der Waals surface area contributed by atoms with Crippen LogP contribution in [0.4, 0.5) is 11.4 Å². The minimum atomic E-state index is -0.552. The predicted molar refractivity (Wildman–Crippen MR) is 122 cm³/mol. The van der Waals surface area contributed by atoms with E-state index in [1.807, 2.05) is 70.5 Å². The molecule has 7 heteroatoms. The molecule has 0 unspecified atom stereocenters. The molecule has 25 heavy (non-hydrogen) atoms. The third-order valence-electron chi connectivity index (χ3n) is 3.39. The Morgan fingerprint density at radius 3 is 1.76 bits per heavy atom. The summed E-state index contributed by atoms with van der Waals surface area (Å²) in [6.45, 7) is 3.22. The van der Waals surface area contributed by atoms with Crippen molar-refractivity contribution in [3.63, 3.8) is 0 Å². The van der Waals surface area contributed by atoms with E-state index in [-0.39, 0.29) is 0 Å². The van der Waals surface area contributed by atoms with Gasteiger partial charge in [0.15, 0.2) is 0 Å². The summed E-state index contributed by atoms with van der Waals surface area (Å²) >= 11 is 24.6. The van der Waals surface area contributed by atoms with E-state index >= 15 is 0 Å². The second-order valence-electron chi connectivity index (χ2n) is 5.05. The van der Waals surface area contributed by atoms with Gasteiger partial charge in [-0.25, -0.2) is 0 Å². The zero-order valence-corrected chi connectivity index (χ0v) is 17.6. The topological polar surface area (TPSA) is 6.48 Å². The maximum atomic E-state index is 6.00. The summed E-state index contributed by atoms with van der Waals surface area (Å²) in [6.07, 6.45) is 0. The molecule has 0 N–H and O–H groups in total. The lowest BCUT2D eigenvalue weighted by molar-refractivity contribution is 1.04. The van der Waals surface area contributed by atoms with Crippen molar-refractivity contribution in [1.29, 1.82) is 0 Å². The number of benzene rings is 2. The molecule has 2 nitrogen and oxygen atoms in total. The lowest BCUT2D eigenvalue weighted by Crippen LogP contribution is -2.35. The predicted octanol–water partition coefficient (Wildman–Crippen LogP) is 6.13. The van der Waals surface area contributed by atoms with Crippen LogP contribution in [0.15, 0.2) is 60.7 Å². The van der Waals surface area contributed by atoms with Crippen LogP contribution in [-0.2, 0) is 0 Å². The molecule has 0 saturated carbocycles. The number of hydrogen-bond acceptors (Lipinski definition) is 3. The summed E-state index contributed by atoms with van der Waals surface area (Å²) in [7, 11) is 0. The molecule has 2 aromatic carbocycles. The Hall–Kier alpha value is -0.850. The molecule has 0 heterocycles. The van der Waals surface area contributed by atoms with E-state index in [4.69, 9.17) is 47.6 Å². The zero-order valence-electron chi connectivity index (χ0n) is 13.6. The van der Waals surface area contributed by atoms with E-state index < -0.39 is 4.84 Å². The molecule has 0 spiro atoms. The van der Waals surface area contributed by atoms with Crippen molar-refractivity contribution in [2.75, 3.05) is 22.9 Å². The van der Waals surface area contributed by atoms with E-state index in [9.17, 15) is 0 Å². The first kappa shape index (κ1) is 20.5. The number of halogens is 2. The van der Waals surface area contributed by atoms with Crippen LogP contribution in [0.3, 0.4) is 0 Å². The summed E-state index contributed by atoms with van der Waals surface area (Å²) < 4.78 is 1.32. The molecule has 0 atom stereocenters. The first-order chi connectivity index (χ1) is 12.0. The monoisotopic (exact) mass is 428 g/mol. The average molecular weight is 429 g/mol. The third-order valence-corrected chi connectivity index (χ3v) is 5.39. The summed E-state index contributed by atoms with van der Waals surface area (Å²) in [6, 6.07) is 19.8. The van der Waals surface area contributed by atoms with Crippen LogP contribution in [0.25, 0.3) is 0 Å². The first-order valence-corrected chi connectivity index (χ1v) is 10.2. The van der Waals surface area contributed by atoms with E-state index in [2.05, 4.69) is 6.92 Å². The number of thioether (sulfide) groups is 1. The van der Waals surface area contributed by atoms with E-state index in [0.717, 1.165) is 17.9 Å². The molecule has 2 aromatic rings. The van der Waals surface area contributed by atoms with Crippen molar-refractivity contribution in [2.45, 2.75) is 11.8 Å². The Labute approximate surface area is 174 Å². The van der Waals surface area contributed by atoms with Gasteiger partial charge in [0.25, 0.3) is 0 Å². The highest BCUT2D eigenvalue weighted by Crippen LogP contribution is 2.26. The molecule has 0 aliphatic carbocycles. The summed E-state index contributed by atoms with van der Waals surface area (Å²) in [5, 5.41) is 0. The second-order valence-corrected chi connectivity index (χ2v) is 8.60. The van der Waals surface area contributed by atoms with E-state index in [1.54, 1.807) is 0 Å². The number of rotatable bonds is 5. The van der Waals surface area contributed by atoms with Crippen LogP contribution in [0.5, 0.6) is 0 Å². The highest BCUT2D eigenvalue weighted by molar-refractivity contribution is 8.38. The van der Waals surface area contributed by atoms with Crippen LogP contribution in [0.1, 0.15) is 6.92 Å². The Morgan fingerprint density at radius 2 is 1.32 bits per heavy atom. The zero-order chi connectivity index (χ0) is 18.2. The summed E-state index contributed by atoms with van der Waals surface area (Å²) in [5.41, 5.74) is 1.99. The van der Waals surface area contributed by atoms with Crippen LogP contribution >= 0.6 is 59.4 Å². The normalized spacial score (nSPS) is 10.6. The molecule has 132 valence electrons. The molecule has 0 aliphatic rings. The Bertz CT molecular complexity index is 696. The number of thiocarbonyl (C=S) groups is 2. The van der Waals surface area contributed by atoms with Gasteiger partial charge in [0.1, 0.15) is 13.5 Å². The van der Waals surface area contributed by atoms with Crippen molar-refractivity contribution in [3.8, 4) is 0 Å². The SMILES string of the molecule is CCN(C(=S)SC(=S)N(CC(Cl)Cl)c1ccccc1)c1ccccc1. The Morgan fingerprint density at radius 1 is 0.880 bits per heavy atom. The number of nitrogens with zero attached hydrogens (tertiary/aromatic N) is 2. The average Bonchev–Trinajstić information content (AvgIpc) is 2.61. The van der Waals surface area contributed by atoms with Crippen LogP contribution in [-0.4, -0.2) is 26.6 Å². The van der Waals surface area contributed by atoms with Gasteiger partial charge in [-0.05, 0) is 43.0 Å². The van der Waals surface area contributed by atoms with Crippen molar-refractivity contribution >= 4 is 79.4 Å². The Kier molecular flexibility index (Phi) is 8.46. The van der Waals surface area contributed by atoms with Gasteiger partial charge in [0.2, 0.25) is 0 Å². The molecule has 0 aromatic heterocycles. The minimum Gasteiger partial charge on any atom is -0.327 e. The fourth-order valence-electron chi connectivity index (χ4n) is 2.24. The molecule has 0 saturated heterocycles. The number of alkyl halides is 2. The number of hydrogen-bond donors (Lipinski definition) is 0. The summed E-state index contributed by atoms with van der Waals surface area (Å²) in [4.78, 5) is 3.41. The van der Waals surface area contributed by atoms with Gasteiger partial charge >= 0.3 is 0 Å². The number of anilines is 2. The highest BCUT2D eigenvalue weighted by Gasteiger charge is 2.20. The van der Waals surface area contributed by atoms with Crippen molar-refractivity contribution in [3.05, 3.63) is 60.7 Å². The molecular weight excluding hydrogens is 411 g/mol. The minimum absolute atomic E-state index is 0.402. The molecule has 2 rings (SSSR count).